The van der Waals surface area contributed by atoms with Crippen molar-refractivity contribution in [1.82, 2.24) is 0 Å². The smallest absolute Gasteiger partial charge is 0.313 e. The van der Waals surface area contributed by atoms with Gasteiger partial charge in [0.05, 0.1) is 19.3 Å². The average Bonchev–Trinajstić information content (AvgIpc) is 2.57. The molecule has 0 amide bonds. The fourth-order valence-electron chi connectivity index (χ4n) is 2.39. The van der Waals surface area contributed by atoms with Crippen LogP contribution in [0.25, 0.3) is 0 Å². The first-order valence-electron chi connectivity index (χ1n) is 7.50. The van der Waals surface area contributed by atoms with Crippen LogP contribution in [0.15, 0.2) is 59.1 Å². The summed E-state index contributed by atoms with van der Waals surface area (Å²) >= 11 is 3.49. The van der Waals surface area contributed by atoms with Crippen molar-refractivity contribution in [2.24, 2.45) is 5.92 Å². The molecule has 2 rings (SSSR count). The Morgan fingerprint density at radius 1 is 1.17 bits per heavy atom. The van der Waals surface area contributed by atoms with Crippen molar-refractivity contribution >= 4 is 27.6 Å². The van der Waals surface area contributed by atoms with Crippen LogP contribution in [0.5, 0.6) is 0 Å². The fraction of sp³-hybridized carbons (Fsp3) is 0.278. The van der Waals surface area contributed by atoms with E-state index < -0.39 is 11.9 Å². The summed E-state index contributed by atoms with van der Waals surface area (Å²) in [6.45, 7) is 1.74. The zero-order valence-electron chi connectivity index (χ0n) is 12.9. The van der Waals surface area contributed by atoms with Gasteiger partial charge in [-0.15, -0.1) is 0 Å². The van der Waals surface area contributed by atoms with Crippen LogP contribution in [0.1, 0.15) is 18.5 Å². The molecule has 0 saturated carbocycles. The van der Waals surface area contributed by atoms with Gasteiger partial charge in [-0.3, -0.25) is 4.79 Å². The zero-order valence-corrected chi connectivity index (χ0v) is 14.5. The molecule has 0 aliphatic rings. The number of halogens is 1. The molecule has 2 N–H and O–H groups in total. The van der Waals surface area contributed by atoms with Gasteiger partial charge >= 0.3 is 5.97 Å². The lowest BCUT2D eigenvalue weighted by Gasteiger charge is -2.27. The maximum atomic E-state index is 12.2. The molecule has 0 spiro atoms. The maximum absolute atomic E-state index is 12.2. The number of carbonyl (C=O) groups excluding carboxylic acids is 1. The number of rotatable bonds is 7. The minimum absolute atomic E-state index is 0.284. The third-order valence-electron chi connectivity index (χ3n) is 3.53. The van der Waals surface area contributed by atoms with Gasteiger partial charge < -0.3 is 15.2 Å². The van der Waals surface area contributed by atoms with Gasteiger partial charge in [-0.25, -0.2) is 0 Å². The van der Waals surface area contributed by atoms with E-state index in [9.17, 15) is 9.90 Å². The van der Waals surface area contributed by atoms with Gasteiger partial charge in [0, 0.05) is 10.2 Å². The highest BCUT2D eigenvalue weighted by Crippen LogP contribution is 2.31. The second-order valence-corrected chi connectivity index (χ2v) is 5.91. The van der Waals surface area contributed by atoms with Crippen molar-refractivity contribution in [3.63, 3.8) is 0 Å². The molecule has 0 aliphatic heterocycles. The van der Waals surface area contributed by atoms with E-state index in [0.717, 1.165) is 15.7 Å². The normalized spacial score (nSPS) is 13.2. The summed E-state index contributed by atoms with van der Waals surface area (Å²) < 4.78 is 6.00. The lowest BCUT2D eigenvalue weighted by molar-refractivity contribution is -0.150. The number of para-hydroxylation sites is 1. The number of aliphatic hydroxyl groups is 1. The standard InChI is InChI=1S/C18H20BrNO3/c1-2-23-18(22)14(12-21)17(13-8-4-3-5-9-13)20-16-11-7-6-10-15(16)19/h3-11,14,17,20-21H,2,12H2,1H3. The molecule has 0 fully saturated rings. The molecule has 0 radical (unpaired) electrons. The van der Waals surface area contributed by atoms with Gasteiger partial charge in [-0.2, -0.15) is 0 Å². The first-order valence-corrected chi connectivity index (χ1v) is 8.30. The van der Waals surface area contributed by atoms with Crippen LogP contribution in [0.3, 0.4) is 0 Å². The molecule has 23 heavy (non-hydrogen) atoms. The third-order valence-corrected chi connectivity index (χ3v) is 4.22. The highest BCUT2D eigenvalue weighted by Gasteiger charge is 2.30. The molecule has 2 unspecified atom stereocenters. The largest absolute Gasteiger partial charge is 0.466 e. The van der Waals surface area contributed by atoms with Crippen LogP contribution in [0.4, 0.5) is 5.69 Å². The monoisotopic (exact) mass is 377 g/mol. The van der Waals surface area contributed by atoms with Crippen molar-refractivity contribution in [3.8, 4) is 0 Å². The molecule has 2 atom stereocenters. The Balaban J connectivity index is 2.35. The summed E-state index contributed by atoms with van der Waals surface area (Å²) in [5, 5.41) is 13.1. The average molecular weight is 378 g/mol. The van der Waals surface area contributed by atoms with Crippen LogP contribution >= 0.6 is 15.9 Å². The summed E-state index contributed by atoms with van der Waals surface area (Å²) in [6, 6.07) is 16.9. The number of benzene rings is 2. The highest BCUT2D eigenvalue weighted by molar-refractivity contribution is 9.10. The predicted octanol–water partition coefficient (Wildman–Crippen LogP) is 3.77. The number of ether oxygens (including phenoxy) is 1. The molecular formula is C18H20BrNO3. The molecular weight excluding hydrogens is 358 g/mol. The van der Waals surface area contributed by atoms with E-state index in [0.29, 0.717) is 0 Å². The van der Waals surface area contributed by atoms with Crippen molar-refractivity contribution < 1.29 is 14.6 Å². The fourth-order valence-corrected chi connectivity index (χ4v) is 2.79. The molecule has 0 aliphatic carbocycles. The van der Waals surface area contributed by atoms with E-state index in [-0.39, 0.29) is 19.3 Å². The van der Waals surface area contributed by atoms with E-state index in [4.69, 9.17) is 4.74 Å². The maximum Gasteiger partial charge on any atom is 0.313 e. The molecule has 0 heterocycles. The Bertz CT molecular complexity index is 633. The van der Waals surface area contributed by atoms with Crippen molar-refractivity contribution in [1.29, 1.82) is 0 Å². The SMILES string of the molecule is CCOC(=O)C(CO)C(Nc1ccccc1Br)c1ccccc1. The minimum atomic E-state index is -0.690. The zero-order chi connectivity index (χ0) is 16.7. The quantitative estimate of drug-likeness (QED) is 0.720. The molecule has 4 nitrogen and oxygen atoms in total. The predicted molar refractivity (Wildman–Crippen MR) is 94.2 cm³/mol. The first-order chi connectivity index (χ1) is 11.2. The van der Waals surface area contributed by atoms with E-state index in [2.05, 4.69) is 21.2 Å². The summed E-state index contributed by atoms with van der Waals surface area (Å²) in [7, 11) is 0. The second kappa shape index (κ2) is 8.70. The number of hydrogen-bond acceptors (Lipinski definition) is 4. The molecule has 5 heteroatoms. The molecule has 0 aromatic heterocycles. The highest BCUT2D eigenvalue weighted by atomic mass is 79.9. The first kappa shape index (κ1) is 17.5. The van der Waals surface area contributed by atoms with E-state index in [1.54, 1.807) is 6.92 Å². The Kier molecular flexibility index (Phi) is 6.62. The Hall–Kier alpha value is -1.85. The van der Waals surface area contributed by atoms with Crippen molar-refractivity contribution in [2.45, 2.75) is 13.0 Å². The van der Waals surface area contributed by atoms with Gasteiger partial charge in [0.15, 0.2) is 0 Å². The molecule has 2 aromatic rings. The van der Waals surface area contributed by atoms with Crippen LogP contribution < -0.4 is 5.32 Å². The van der Waals surface area contributed by atoms with Gasteiger partial charge in [-0.05, 0) is 40.5 Å². The molecule has 0 saturated heterocycles. The number of anilines is 1. The summed E-state index contributed by atoms with van der Waals surface area (Å²) in [6.07, 6.45) is 0. The number of aliphatic hydroxyl groups excluding tert-OH is 1. The third kappa shape index (κ3) is 4.56. The van der Waals surface area contributed by atoms with Gasteiger partial charge in [0.1, 0.15) is 5.92 Å². The molecule has 122 valence electrons. The van der Waals surface area contributed by atoms with Crippen molar-refractivity contribution in [2.75, 3.05) is 18.5 Å². The summed E-state index contributed by atoms with van der Waals surface area (Å²) in [5.41, 5.74) is 1.76. The van der Waals surface area contributed by atoms with Crippen LogP contribution in [-0.4, -0.2) is 24.3 Å². The van der Waals surface area contributed by atoms with Crippen LogP contribution in [0.2, 0.25) is 0 Å². The number of carbonyl (C=O) groups is 1. The number of esters is 1. The van der Waals surface area contributed by atoms with Crippen molar-refractivity contribution in [3.05, 3.63) is 64.6 Å². The lowest BCUT2D eigenvalue weighted by Crippen LogP contribution is -2.32. The minimum Gasteiger partial charge on any atom is -0.466 e. The lowest BCUT2D eigenvalue weighted by atomic mass is 9.93. The van der Waals surface area contributed by atoms with Crippen LogP contribution in [0, 0.1) is 5.92 Å². The van der Waals surface area contributed by atoms with Gasteiger partial charge in [-0.1, -0.05) is 42.5 Å². The second-order valence-electron chi connectivity index (χ2n) is 5.05. The summed E-state index contributed by atoms with van der Waals surface area (Å²) in [4.78, 5) is 12.2. The number of nitrogens with one attached hydrogen (secondary N) is 1. The van der Waals surface area contributed by atoms with E-state index in [1.807, 2.05) is 54.6 Å². The summed E-state index contributed by atoms with van der Waals surface area (Å²) in [5.74, 6) is -1.10. The Labute approximate surface area is 144 Å². The Morgan fingerprint density at radius 2 is 1.83 bits per heavy atom. The number of hydrogen-bond donors (Lipinski definition) is 2. The van der Waals surface area contributed by atoms with E-state index in [1.165, 1.54) is 0 Å². The van der Waals surface area contributed by atoms with Crippen LogP contribution in [-0.2, 0) is 9.53 Å². The van der Waals surface area contributed by atoms with Gasteiger partial charge in [0.25, 0.3) is 0 Å². The van der Waals surface area contributed by atoms with E-state index >= 15 is 0 Å². The van der Waals surface area contributed by atoms with Gasteiger partial charge in [0.2, 0.25) is 0 Å². The topological polar surface area (TPSA) is 58.6 Å². The Morgan fingerprint density at radius 3 is 2.43 bits per heavy atom. The molecule has 2 aromatic carbocycles. The molecule has 0 bridgehead atoms.